The Labute approximate surface area is 358 Å². The number of primary amides is 2. The van der Waals surface area contributed by atoms with Crippen LogP contribution in [0.15, 0.2) is 109 Å². The molecule has 62 heavy (non-hydrogen) atoms. The van der Waals surface area contributed by atoms with Crippen LogP contribution in [-0.2, 0) is 64.3 Å². The van der Waals surface area contributed by atoms with E-state index >= 15 is 0 Å². The van der Waals surface area contributed by atoms with E-state index in [9.17, 15) is 38.4 Å². The molecule has 6 rings (SSSR count). The van der Waals surface area contributed by atoms with Crippen molar-refractivity contribution in [2.45, 2.75) is 75.8 Å². The molecule has 0 spiro atoms. The van der Waals surface area contributed by atoms with Crippen molar-refractivity contribution in [2.75, 3.05) is 14.2 Å². The van der Waals surface area contributed by atoms with Crippen LogP contribution in [0.2, 0.25) is 0 Å². The van der Waals surface area contributed by atoms with Gasteiger partial charge in [-0.2, -0.15) is 0 Å². The van der Waals surface area contributed by atoms with Gasteiger partial charge in [0.25, 0.3) is 11.8 Å². The lowest BCUT2D eigenvalue weighted by atomic mass is 10.0. The number of carbonyl (C=O) groups excluding carboxylic acids is 8. The van der Waals surface area contributed by atoms with Gasteiger partial charge in [-0.15, -0.1) is 0 Å². The number of benzene rings is 4. The van der Waals surface area contributed by atoms with Crippen LogP contribution in [0, 0.1) is 0 Å². The van der Waals surface area contributed by atoms with E-state index in [2.05, 4.69) is 10.6 Å². The third kappa shape index (κ3) is 12.3. The maximum absolute atomic E-state index is 13.0. The molecule has 2 heterocycles. The molecule has 4 aromatic carbocycles. The van der Waals surface area contributed by atoms with Crippen molar-refractivity contribution in [1.29, 1.82) is 0 Å². The van der Waals surface area contributed by atoms with Crippen LogP contribution >= 0.6 is 0 Å². The second-order valence-corrected chi connectivity index (χ2v) is 14.8. The van der Waals surface area contributed by atoms with Crippen LogP contribution in [0.5, 0.6) is 11.5 Å². The van der Waals surface area contributed by atoms with E-state index < -0.39 is 59.4 Å². The summed E-state index contributed by atoms with van der Waals surface area (Å²) >= 11 is 0. The molecule has 2 fully saturated rings. The van der Waals surface area contributed by atoms with E-state index in [1.165, 1.54) is 9.80 Å². The van der Waals surface area contributed by atoms with Gasteiger partial charge >= 0.3 is 0 Å². The van der Waals surface area contributed by atoms with Crippen LogP contribution < -0.4 is 31.6 Å². The molecule has 0 bridgehead atoms. The molecule has 2 aliphatic rings. The number of Topliss-reactive ketones (excluding diaryl/α,β-unsaturated/α-hetero) is 2. The molecule has 6 N–H and O–H groups in total. The fourth-order valence-corrected chi connectivity index (χ4v) is 7.34. The lowest BCUT2D eigenvalue weighted by molar-refractivity contribution is -0.140. The molecule has 4 aromatic rings. The van der Waals surface area contributed by atoms with E-state index in [0.717, 1.165) is 22.3 Å². The quantitative estimate of drug-likeness (QED) is 0.106. The number of hydrogen-bond donors (Lipinski definition) is 4. The van der Waals surface area contributed by atoms with Gasteiger partial charge in [0.2, 0.25) is 35.2 Å². The van der Waals surface area contributed by atoms with E-state index in [1.807, 2.05) is 36.4 Å². The topological polar surface area (TPSA) is 238 Å². The molecule has 3 unspecified atom stereocenters. The number of carbonyl (C=O) groups is 8. The molecule has 2 saturated heterocycles. The van der Waals surface area contributed by atoms with Crippen LogP contribution in [0.1, 0.15) is 47.9 Å². The first-order valence-corrected chi connectivity index (χ1v) is 20.0. The normalized spacial score (nSPS) is 16.6. The number of nitrogens with two attached hydrogens (primary N) is 2. The monoisotopic (exact) mass is 846 g/mol. The Balaban J connectivity index is 0.000000234. The molecule has 16 heteroatoms. The second kappa shape index (κ2) is 21.8. The first kappa shape index (κ1) is 45.7. The molecule has 0 aliphatic carbocycles. The Morgan fingerprint density at radius 3 is 1.26 bits per heavy atom. The van der Waals surface area contributed by atoms with Crippen LogP contribution in [0.4, 0.5) is 0 Å². The lowest BCUT2D eigenvalue weighted by Crippen LogP contribution is -2.53. The first-order chi connectivity index (χ1) is 29.8. The minimum atomic E-state index is -1.11. The van der Waals surface area contributed by atoms with E-state index in [1.54, 1.807) is 87.0 Å². The number of ether oxygens (including phenoxy) is 2. The summed E-state index contributed by atoms with van der Waals surface area (Å²) in [7, 11) is 3.11. The second-order valence-electron chi connectivity index (χ2n) is 14.8. The highest BCUT2D eigenvalue weighted by Crippen LogP contribution is 2.25. The average molecular weight is 847 g/mol. The molecule has 0 aromatic heterocycles. The largest absolute Gasteiger partial charge is 0.497 e. The van der Waals surface area contributed by atoms with Crippen molar-refractivity contribution in [3.05, 3.63) is 131 Å². The van der Waals surface area contributed by atoms with Crippen LogP contribution in [0.25, 0.3) is 0 Å². The molecule has 6 amide bonds. The maximum Gasteiger partial charge on any atom is 0.287 e. The van der Waals surface area contributed by atoms with E-state index in [0.29, 0.717) is 24.3 Å². The Morgan fingerprint density at radius 2 is 0.919 bits per heavy atom. The highest BCUT2D eigenvalue weighted by Gasteiger charge is 2.39. The summed E-state index contributed by atoms with van der Waals surface area (Å²) in [4.78, 5) is 102. The van der Waals surface area contributed by atoms with Crippen molar-refractivity contribution in [3.63, 3.8) is 0 Å². The fourth-order valence-electron chi connectivity index (χ4n) is 7.34. The molecule has 324 valence electrons. The fraction of sp³-hybridized carbons (Fsp3) is 0.304. The third-order valence-electron chi connectivity index (χ3n) is 10.6. The van der Waals surface area contributed by atoms with E-state index in [4.69, 9.17) is 20.9 Å². The lowest BCUT2D eigenvalue weighted by Gasteiger charge is -2.26. The number of nitrogens with one attached hydrogen (secondary N) is 2. The van der Waals surface area contributed by atoms with Crippen LogP contribution in [-0.4, -0.2) is 95.2 Å². The number of likely N-dealkylation sites (tertiary alicyclic amines) is 2. The number of hydrogen-bond acceptors (Lipinski definition) is 10. The van der Waals surface area contributed by atoms with E-state index in [-0.39, 0.29) is 50.6 Å². The zero-order valence-corrected chi connectivity index (χ0v) is 34.5. The van der Waals surface area contributed by atoms with Gasteiger partial charge in [0.1, 0.15) is 35.7 Å². The zero-order valence-electron chi connectivity index (χ0n) is 34.5. The van der Waals surface area contributed by atoms with Crippen molar-refractivity contribution >= 4 is 47.0 Å². The molecular weight excluding hydrogens is 797 g/mol. The number of amides is 6. The van der Waals surface area contributed by atoms with Crippen molar-refractivity contribution in [2.24, 2.45) is 11.5 Å². The van der Waals surface area contributed by atoms with Gasteiger partial charge in [0.15, 0.2) is 0 Å². The number of ketones is 2. The van der Waals surface area contributed by atoms with Gasteiger partial charge in [0, 0.05) is 38.8 Å². The Morgan fingerprint density at radius 1 is 0.565 bits per heavy atom. The molecule has 0 radical (unpaired) electrons. The highest BCUT2D eigenvalue weighted by molar-refractivity contribution is 6.38. The van der Waals surface area contributed by atoms with Gasteiger partial charge in [-0.1, -0.05) is 84.9 Å². The highest BCUT2D eigenvalue weighted by atomic mass is 16.5. The minimum Gasteiger partial charge on any atom is -0.497 e. The summed E-state index contributed by atoms with van der Waals surface area (Å²) in [5.41, 5.74) is 13.6. The predicted octanol–water partition coefficient (Wildman–Crippen LogP) is 1.94. The van der Waals surface area contributed by atoms with Gasteiger partial charge in [0.05, 0.1) is 14.2 Å². The van der Waals surface area contributed by atoms with Gasteiger partial charge in [-0.25, -0.2) is 0 Å². The molecule has 4 atom stereocenters. The number of nitrogens with zero attached hydrogens (tertiary/aromatic N) is 2. The van der Waals surface area contributed by atoms with Gasteiger partial charge in [-0.3, -0.25) is 38.4 Å². The maximum atomic E-state index is 13.0. The van der Waals surface area contributed by atoms with Gasteiger partial charge < -0.3 is 41.4 Å². The SMILES string of the molecule is COc1cccc(CN2C(=O)CCC2C(=O)NC(Cc2ccccc2)C(=O)C(N)=O)c1.COc1cccc(CN2C(=O)CC[C@@H]2C(=O)NC(Cc2ccccc2)C(=O)C(N)=O)c1. The van der Waals surface area contributed by atoms with Crippen molar-refractivity contribution in [1.82, 2.24) is 20.4 Å². The van der Waals surface area contributed by atoms with Crippen LogP contribution in [0.3, 0.4) is 0 Å². The first-order valence-electron chi connectivity index (χ1n) is 20.0. The molecular formula is C46H50N6O10. The molecule has 16 nitrogen and oxygen atoms in total. The van der Waals surface area contributed by atoms with Crippen molar-refractivity contribution in [3.8, 4) is 11.5 Å². The van der Waals surface area contributed by atoms with Crippen molar-refractivity contribution < 1.29 is 47.8 Å². The smallest absolute Gasteiger partial charge is 0.287 e. The summed E-state index contributed by atoms with van der Waals surface area (Å²) in [5, 5.41) is 5.28. The number of methoxy groups -OCH3 is 2. The summed E-state index contributed by atoms with van der Waals surface area (Å²) in [5.74, 6) is -3.93. The average Bonchev–Trinajstić information content (AvgIpc) is 3.83. The zero-order chi connectivity index (χ0) is 44.8. The standard InChI is InChI=1S/2C23H25N3O5/c2*1-31-17-9-5-8-16(12-17)14-26-19(10-11-20(26)27)23(30)25-18(21(28)22(24)29)13-15-6-3-2-4-7-15/h2*2-9,12,18-19H,10-11,13-14H2,1H3,(H2,24,29)(H,25,30)/t18?,19-;/m1./s1. The Kier molecular flexibility index (Phi) is 16.0. The summed E-state index contributed by atoms with van der Waals surface area (Å²) < 4.78 is 10.4. The third-order valence-corrected chi connectivity index (χ3v) is 10.6. The molecule has 0 saturated carbocycles. The summed E-state index contributed by atoms with van der Waals surface area (Å²) in [6.07, 6.45) is 1.38. The predicted molar refractivity (Wildman–Crippen MR) is 226 cm³/mol. The summed E-state index contributed by atoms with van der Waals surface area (Å²) in [6.45, 7) is 0.475. The Bertz CT molecular complexity index is 2110. The molecule has 2 aliphatic heterocycles. The minimum absolute atomic E-state index is 0.130. The summed E-state index contributed by atoms with van der Waals surface area (Å²) in [6, 6.07) is 28.9. The van der Waals surface area contributed by atoms with Gasteiger partial charge in [-0.05, 0) is 59.4 Å². The number of rotatable bonds is 18. The Hall–Kier alpha value is -7.36.